The van der Waals surface area contributed by atoms with Crippen LogP contribution >= 0.6 is 0 Å². The van der Waals surface area contributed by atoms with Crippen LogP contribution in [0.5, 0.6) is 0 Å². The molecule has 1 fully saturated rings. The summed E-state index contributed by atoms with van der Waals surface area (Å²) >= 11 is 0. The molecular formula is C15H20N2O3. The first-order valence-corrected chi connectivity index (χ1v) is 6.89. The molecule has 1 heterocycles. The van der Waals surface area contributed by atoms with E-state index in [1.54, 1.807) is 0 Å². The Morgan fingerprint density at radius 3 is 2.50 bits per heavy atom. The first-order valence-electron chi connectivity index (χ1n) is 6.89. The summed E-state index contributed by atoms with van der Waals surface area (Å²) in [6, 6.07) is 8.70. The highest BCUT2D eigenvalue weighted by molar-refractivity contribution is 6.07. The minimum atomic E-state index is -1.12. The van der Waals surface area contributed by atoms with Crippen molar-refractivity contribution >= 4 is 11.9 Å². The highest BCUT2D eigenvalue weighted by Gasteiger charge is 2.48. The van der Waals surface area contributed by atoms with E-state index in [-0.39, 0.29) is 18.6 Å². The smallest absolute Gasteiger partial charge is 0.322 e. The Labute approximate surface area is 118 Å². The van der Waals surface area contributed by atoms with Gasteiger partial charge in [0.25, 0.3) is 5.91 Å². The van der Waals surface area contributed by atoms with Crippen LogP contribution in [0.4, 0.5) is 4.79 Å². The third-order valence-electron chi connectivity index (χ3n) is 3.49. The molecule has 0 aliphatic carbocycles. The Hall–Kier alpha value is -1.88. The molecule has 1 aliphatic rings. The molecule has 1 saturated heterocycles. The molecule has 0 bridgehead atoms. The SMILES string of the molecule is CCCC(C)OCC1(c2ccccc2)NC(=O)NC1=O. The van der Waals surface area contributed by atoms with Crippen LogP contribution in [0.25, 0.3) is 0 Å². The third-order valence-corrected chi connectivity index (χ3v) is 3.49. The fourth-order valence-electron chi connectivity index (χ4n) is 2.36. The number of urea groups is 1. The summed E-state index contributed by atoms with van der Waals surface area (Å²) in [6.45, 7) is 4.18. The lowest BCUT2D eigenvalue weighted by molar-refractivity contribution is -0.127. The Balaban J connectivity index is 2.22. The van der Waals surface area contributed by atoms with E-state index in [0.29, 0.717) is 0 Å². The number of ether oxygens (including phenoxy) is 1. The largest absolute Gasteiger partial charge is 0.375 e. The summed E-state index contributed by atoms with van der Waals surface area (Å²) in [5.74, 6) is -0.364. The molecule has 0 radical (unpaired) electrons. The Morgan fingerprint density at radius 1 is 1.25 bits per heavy atom. The highest BCUT2D eigenvalue weighted by Crippen LogP contribution is 2.26. The maximum Gasteiger partial charge on any atom is 0.322 e. The normalized spacial score (nSPS) is 23.3. The van der Waals surface area contributed by atoms with E-state index < -0.39 is 11.6 Å². The maximum absolute atomic E-state index is 12.2. The maximum atomic E-state index is 12.2. The molecule has 108 valence electrons. The van der Waals surface area contributed by atoms with Gasteiger partial charge in [0.15, 0.2) is 5.54 Å². The standard InChI is InChI=1S/C15H20N2O3/c1-3-7-11(2)20-10-15(12-8-5-4-6-9-12)13(18)16-14(19)17-15/h4-6,8-9,11H,3,7,10H2,1-2H3,(H2,16,17,18,19). The van der Waals surface area contributed by atoms with Crippen molar-refractivity contribution in [3.63, 3.8) is 0 Å². The zero-order valence-electron chi connectivity index (χ0n) is 11.8. The summed E-state index contributed by atoms with van der Waals surface area (Å²) in [5, 5.41) is 5.00. The topological polar surface area (TPSA) is 67.4 Å². The second kappa shape index (κ2) is 6.05. The first-order chi connectivity index (χ1) is 9.58. The van der Waals surface area contributed by atoms with Crippen molar-refractivity contribution in [2.24, 2.45) is 0 Å². The average Bonchev–Trinajstić information content (AvgIpc) is 2.73. The van der Waals surface area contributed by atoms with Crippen LogP contribution in [0.1, 0.15) is 32.3 Å². The van der Waals surface area contributed by atoms with Crippen LogP contribution in [0.15, 0.2) is 30.3 Å². The molecule has 20 heavy (non-hydrogen) atoms. The minimum absolute atomic E-state index is 0.0471. The van der Waals surface area contributed by atoms with E-state index in [2.05, 4.69) is 17.6 Å². The Kier molecular flexibility index (Phi) is 4.39. The second-order valence-electron chi connectivity index (χ2n) is 5.09. The monoisotopic (exact) mass is 276 g/mol. The summed E-state index contributed by atoms with van der Waals surface area (Å²) in [7, 11) is 0. The van der Waals surface area contributed by atoms with Crippen LogP contribution in [-0.4, -0.2) is 24.6 Å². The molecule has 2 rings (SSSR count). The number of amides is 3. The van der Waals surface area contributed by atoms with Crippen LogP contribution in [0.2, 0.25) is 0 Å². The number of carbonyl (C=O) groups is 2. The number of imide groups is 1. The number of nitrogens with one attached hydrogen (secondary N) is 2. The molecule has 5 nitrogen and oxygen atoms in total. The van der Waals surface area contributed by atoms with E-state index in [1.165, 1.54) is 0 Å². The van der Waals surface area contributed by atoms with E-state index in [0.717, 1.165) is 18.4 Å². The van der Waals surface area contributed by atoms with Crippen molar-refractivity contribution in [1.82, 2.24) is 10.6 Å². The Morgan fingerprint density at radius 2 is 1.95 bits per heavy atom. The number of benzene rings is 1. The molecule has 3 amide bonds. The van der Waals surface area contributed by atoms with E-state index >= 15 is 0 Å². The van der Waals surface area contributed by atoms with Gasteiger partial charge in [-0.05, 0) is 18.9 Å². The highest BCUT2D eigenvalue weighted by atomic mass is 16.5. The number of rotatable bonds is 6. The molecular weight excluding hydrogens is 256 g/mol. The van der Waals surface area contributed by atoms with E-state index in [1.807, 2.05) is 37.3 Å². The number of carbonyl (C=O) groups excluding carboxylic acids is 2. The predicted molar refractivity (Wildman–Crippen MR) is 75.1 cm³/mol. The lowest BCUT2D eigenvalue weighted by Gasteiger charge is -2.28. The molecule has 0 spiro atoms. The molecule has 2 N–H and O–H groups in total. The van der Waals surface area contributed by atoms with E-state index in [9.17, 15) is 9.59 Å². The fraction of sp³-hybridized carbons (Fsp3) is 0.467. The molecule has 1 aliphatic heterocycles. The van der Waals surface area contributed by atoms with Crippen molar-refractivity contribution in [3.8, 4) is 0 Å². The zero-order chi connectivity index (χ0) is 14.6. The third kappa shape index (κ3) is 2.82. The van der Waals surface area contributed by atoms with E-state index in [4.69, 9.17) is 4.74 Å². The van der Waals surface area contributed by atoms with Crippen molar-refractivity contribution in [2.75, 3.05) is 6.61 Å². The first kappa shape index (κ1) is 14.5. The molecule has 5 heteroatoms. The van der Waals surface area contributed by atoms with Crippen LogP contribution in [0, 0.1) is 0 Å². The fourth-order valence-corrected chi connectivity index (χ4v) is 2.36. The molecule has 0 aromatic heterocycles. The molecule has 1 aromatic rings. The summed E-state index contributed by atoms with van der Waals surface area (Å²) < 4.78 is 5.77. The van der Waals surface area contributed by atoms with Gasteiger partial charge in [0.1, 0.15) is 0 Å². The lowest BCUT2D eigenvalue weighted by Crippen LogP contribution is -2.48. The molecule has 2 atom stereocenters. The second-order valence-corrected chi connectivity index (χ2v) is 5.09. The predicted octanol–water partition coefficient (Wildman–Crippen LogP) is 1.93. The van der Waals surface area contributed by atoms with Gasteiger partial charge in [-0.25, -0.2) is 4.79 Å². The summed E-state index contributed by atoms with van der Waals surface area (Å²) in [4.78, 5) is 23.7. The van der Waals surface area contributed by atoms with Crippen molar-refractivity contribution in [3.05, 3.63) is 35.9 Å². The molecule has 0 saturated carbocycles. The van der Waals surface area contributed by atoms with Gasteiger partial charge in [-0.3, -0.25) is 10.1 Å². The van der Waals surface area contributed by atoms with Crippen molar-refractivity contribution < 1.29 is 14.3 Å². The van der Waals surface area contributed by atoms with Gasteiger partial charge in [-0.1, -0.05) is 43.7 Å². The minimum Gasteiger partial charge on any atom is -0.375 e. The van der Waals surface area contributed by atoms with Crippen LogP contribution in [0.3, 0.4) is 0 Å². The number of hydrogen-bond acceptors (Lipinski definition) is 3. The van der Waals surface area contributed by atoms with Gasteiger partial charge >= 0.3 is 6.03 Å². The van der Waals surface area contributed by atoms with Gasteiger partial charge in [0.05, 0.1) is 12.7 Å². The van der Waals surface area contributed by atoms with Gasteiger partial charge < -0.3 is 10.1 Å². The molecule has 1 aromatic carbocycles. The van der Waals surface area contributed by atoms with Crippen molar-refractivity contribution in [2.45, 2.75) is 38.3 Å². The van der Waals surface area contributed by atoms with Gasteiger partial charge in [0, 0.05) is 0 Å². The Bertz CT molecular complexity index is 489. The lowest BCUT2D eigenvalue weighted by atomic mass is 9.91. The summed E-state index contributed by atoms with van der Waals surface area (Å²) in [6.07, 6.45) is 1.98. The quantitative estimate of drug-likeness (QED) is 0.780. The van der Waals surface area contributed by atoms with Gasteiger partial charge in [0.2, 0.25) is 0 Å². The van der Waals surface area contributed by atoms with Crippen molar-refractivity contribution in [1.29, 1.82) is 0 Å². The van der Waals surface area contributed by atoms with Crippen LogP contribution in [-0.2, 0) is 15.1 Å². The average molecular weight is 276 g/mol. The summed E-state index contributed by atoms with van der Waals surface area (Å²) in [5.41, 5.74) is -0.396. The number of hydrogen-bond donors (Lipinski definition) is 2. The van der Waals surface area contributed by atoms with Gasteiger partial charge in [-0.2, -0.15) is 0 Å². The van der Waals surface area contributed by atoms with Gasteiger partial charge in [-0.15, -0.1) is 0 Å². The molecule has 2 unspecified atom stereocenters. The van der Waals surface area contributed by atoms with Crippen LogP contribution < -0.4 is 10.6 Å². The zero-order valence-corrected chi connectivity index (χ0v) is 11.8.